The molecule has 1 saturated heterocycles. The Labute approximate surface area is 103 Å². The molecule has 2 unspecified atom stereocenters. The first-order chi connectivity index (χ1) is 8.26. The van der Waals surface area contributed by atoms with Gasteiger partial charge in [-0.3, -0.25) is 0 Å². The van der Waals surface area contributed by atoms with Gasteiger partial charge in [0.15, 0.2) is 5.79 Å². The normalized spacial score (nSPS) is 32.1. The molecule has 5 heteroatoms. The van der Waals surface area contributed by atoms with Gasteiger partial charge in [0.25, 0.3) is 0 Å². The first kappa shape index (κ1) is 13.2. The highest BCUT2D eigenvalue weighted by atomic mass is 16.7. The lowest BCUT2D eigenvalue weighted by Gasteiger charge is -2.39. The fourth-order valence-corrected chi connectivity index (χ4v) is 2.48. The first-order valence-corrected chi connectivity index (χ1v) is 6.48. The number of nitrogens with two attached hydrogens (primary N) is 1. The van der Waals surface area contributed by atoms with Crippen LogP contribution >= 0.6 is 0 Å². The van der Waals surface area contributed by atoms with E-state index >= 15 is 0 Å². The van der Waals surface area contributed by atoms with Crippen LogP contribution < -0.4 is 5.73 Å². The van der Waals surface area contributed by atoms with Crippen molar-refractivity contribution in [2.45, 2.75) is 44.1 Å². The lowest BCUT2D eigenvalue weighted by atomic mass is 9.88. The summed E-state index contributed by atoms with van der Waals surface area (Å²) in [5.74, 6) is -0.424. The summed E-state index contributed by atoms with van der Waals surface area (Å²) < 4.78 is 22.4. The SMILES string of the molecule is CCOCCOC1CC2(CCC1N)OCCO2. The number of hydrogen-bond donors (Lipinski definition) is 1. The summed E-state index contributed by atoms with van der Waals surface area (Å²) >= 11 is 0. The van der Waals surface area contributed by atoms with Gasteiger partial charge in [-0.05, 0) is 13.3 Å². The van der Waals surface area contributed by atoms with E-state index in [1.54, 1.807) is 0 Å². The molecule has 5 nitrogen and oxygen atoms in total. The van der Waals surface area contributed by atoms with Crippen molar-refractivity contribution < 1.29 is 18.9 Å². The van der Waals surface area contributed by atoms with Crippen molar-refractivity contribution in [1.82, 2.24) is 0 Å². The highest BCUT2D eigenvalue weighted by Gasteiger charge is 2.44. The van der Waals surface area contributed by atoms with Gasteiger partial charge in [0.05, 0.1) is 32.5 Å². The van der Waals surface area contributed by atoms with Gasteiger partial charge in [-0.1, -0.05) is 0 Å². The molecule has 1 aliphatic heterocycles. The second kappa shape index (κ2) is 6.11. The quantitative estimate of drug-likeness (QED) is 0.721. The standard InChI is InChI=1S/C12H23NO4/c1-2-14-5-6-15-11-9-12(4-3-10(11)13)16-7-8-17-12/h10-11H,2-9,13H2,1H3. The minimum Gasteiger partial charge on any atom is -0.379 e. The molecule has 1 heterocycles. The third-order valence-corrected chi connectivity index (χ3v) is 3.43. The summed E-state index contributed by atoms with van der Waals surface area (Å²) in [6.07, 6.45) is 2.52. The smallest absolute Gasteiger partial charge is 0.171 e. The Kier molecular flexibility index (Phi) is 4.76. The Morgan fingerprint density at radius 2 is 2.06 bits per heavy atom. The molecular formula is C12H23NO4. The van der Waals surface area contributed by atoms with E-state index in [-0.39, 0.29) is 12.1 Å². The predicted octanol–water partition coefficient (Wildman–Crippen LogP) is 0.662. The molecule has 100 valence electrons. The van der Waals surface area contributed by atoms with Crippen molar-refractivity contribution in [3.05, 3.63) is 0 Å². The molecule has 1 spiro atoms. The molecule has 0 amide bonds. The molecule has 17 heavy (non-hydrogen) atoms. The van der Waals surface area contributed by atoms with E-state index in [4.69, 9.17) is 24.7 Å². The Balaban J connectivity index is 1.78. The molecule has 2 aliphatic rings. The number of ether oxygens (including phenoxy) is 4. The van der Waals surface area contributed by atoms with Crippen LogP contribution in [0, 0.1) is 0 Å². The molecule has 2 N–H and O–H groups in total. The van der Waals surface area contributed by atoms with Gasteiger partial charge in [0.2, 0.25) is 0 Å². The first-order valence-electron chi connectivity index (χ1n) is 6.48. The van der Waals surface area contributed by atoms with Gasteiger partial charge in [0, 0.05) is 25.5 Å². The zero-order chi connectivity index (χ0) is 12.1. The minimum absolute atomic E-state index is 0.0160. The van der Waals surface area contributed by atoms with E-state index in [1.165, 1.54) is 0 Å². The van der Waals surface area contributed by atoms with Gasteiger partial charge in [-0.15, -0.1) is 0 Å². The molecule has 2 rings (SSSR count). The molecular weight excluding hydrogens is 222 g/mol. The van der Waals surface area contributed by atoms with Crippen LogP contribution in [-0.4, -0.2) is 51.0 Å². The monoisotopic (exact) mass is 245 g/mol. The maximum atomic E-state index is 6.07. The molecule has 2 fully saturated rings. The molecule has 0 aromatic rings. The van der Waals surface area contributed by atoms with Crippen LogP contribution in [-0.2, 0) is 18.9 Å². The lowest BCUT2D eigenvalue weighted by molar-refractivity contribution is -0.206. The second-order valence-electron chi connectivity index (χ2n) is 4.62. The van der Waals surface area contributed by atoms with E-state index in [9.17, 15) is 0 Å². The molecule has 2 atom stereocenters. The summed E-state index contributed by atoms with van der Waals surface area (Å²) in [5, 5.41) is 0. The summed E-state index contributed by atoms with van der Waals surface area (Å²) in [4.78, 5) is 0. The van der Waals surface area contributed by atoms with Crippen LogP contribution in [0.3, 0.4) is 0 Å². The third-order valence-electron chi connectivity index (χ3n) is 3.43. The summed E-state index contributed by atoms with van der Waals surface area (Å²) in [6.45, 7) is 5.26. The molecule has 1 aliphatic carbocycles. The van der Waals surface area contributed by atoms with Gasteiger partial charge in [0.1, 0.15) is 0 Å². The van der Waals surface area contributed by atoms with Crippen LogP contribution in [0.2, 0.25) is 0 Å². The van der Waals surface area contributed by atoms with Crippen LogP contribution in [0.25, 0.3) is 0 Å². The van der Waals surface area contributed by atoms with Crippen molar-refractivity contribution in [3.63, 3.8) is 0 Å². The molecule has 1 saturated carbocycles. The van der Waals surface area contributed by atoms with Crippen molar-refractivity contribution in [2.75, 3.05) is 33.0 Å². The van der Waals surface area contributed by atoms with Crippen molar-refractivity contribution in [3.8, 4) is 0 Å². The highest BCUT2D eigenvalue weighted by molar-refractivity contribution is 4.90. The zero-order valence-corrected chi connectivity index (χ0v) is 10.5. The fraction of sp³-hybridized carbons (Fsp3) is 1.00. The van der Waals surface area contributed by atoms with Gasteiger partial charge < -0.3 is 24.7 Å². The van der Waals surface area contributed by atoms with E-state index < -0.39 is 5.79 Å². The van der Waals surface area contributed by atoms with Crippen LogP contribution in [0.5, 0.6) is 0 Å². The van der Waals surface area contributed by atoms with Gasteiger partial charge in [-0.25, -0.2) is 0 Å². The Bertz CT molecular complexity index is 231. The van der Waals surface area contributed by atoms with Gasteiger partial charge >= 0.3 is 0 Å². The third kappa shape index (κ3) is 3.39. The summed E-state index contributed by atoms with van der Waals surface area (Å²) in [5.41, 5.74) is 6.07. The van der Waals surface area contributed by atoms with E-state index in [0.717, 1.165) is 25.9 Å². The Morgan fingerprint density at radius 3 is 2.76 bits per heavy atom. The average molecular weight is 245 g/mol. The molecule has 0 bridgehead atoms. The lowest BCUT2D eigenvalue weighted by Crippen LogP contribution is -2.50. The van der Waals surface area contributed by atoms with Crippen molar-refractivity contribution in [2.24, 2.45) is 5.73 Å². The van der Waals surface area contributed by atoms with E-state index in [0.29, 0.717) is 26.4 Å². The van der Waals surface area contributed by atoms with Crippen molar-refractivity contribution >= 4 is 0 Å². The predicted molar refractivity (Wildman–Crippen MR) is 62.7 cm³/mol. The van der Waals surface area contributed by atoms with Crippen LogP contribution in [0.15, 0.2) is 0 Å². The van der Waals surface area contributed by atoms with E-state index in [1.807, 2.05) is 6.92 Å². The Morgan fingerprint density at radius 1 is 1.29 bits per heavy atom. The number of hydrogen-bond acceptors (Lipinski definition) is 5. The zero-order valence-electron chi connectivity index (χ0n) is 10.5. The second-order valence-corrected chi connectivity index (χ2v) is 4.62. The molecule has 0 radical (unpaired) electrons. The maximum Gasteiger partial charge on any atom is 0.171 e. The summed E-state index contributed by atoms with van der Waals surface area (Å²) in [6, 6.07) is 0.0788. The average Bonchev–Trinajstić information content (AvgIpc) is 2.78. The molecule has 0 aromatic heterocycles. The number of rotatable bonds is 5. The minimum atomic E-state index is -0.424. The van der Waals surface area contributed by atoms with Gasteiger partial charge in [-0.2, -0.15) is 0 Å². The van der Waals surface area contributed by atoms with Crippen molar-refractivity contribution in [1.29, 1.82) is 0 Å². The topological polar surface area (TPSA) is 62.9 Å². The van der Waals surface area contributed by atoms with Crippen LogP contribution in [0.1, 0.15) is 26.2 Å². The summed E-state index contributed by atoms with van der Waals surface area (Å²) in [7, 11) is 0. The maximum absolute atomic E-state index is 6.07. The van der Waals surface area contributed by atoms with Crippen LogP contribution in [0.4, 0.5) is 0 Å². The fourth-order valence-electron chi connectivity index (χ4n) is 2.48. The van der Waals surface area contributed by atoms with E-state index in [2.05, 4.69) is 0 Å². The highest BCUT2D eigenvalue weighted by Crippen LogP contribution is 2.36. The Hall–Kier alpha value is -0.200. The molecule has 0 aromatic carbocycles. The largest absolute Gasteiger partial charge is 0.379 e.